The number of carboxylic acid groups (broad SMARTS) is 1. The van der Waals surface area contributed by atoms with E-state index in [1.54, 1.807) is 0 Å². The lowest BCUT2D eigenvalue weighted by Gasteiger charge is -2.10. The van der Waals surface area contributed by atoms with Gasteiger partial charge in [-0.3, -0.25) is 9.36 Å². The van der Waals surface area contributed by atoms with Crippen LogP contribution in [0.4, 0.5) is 0 Å². The van der Waals surface area contributed by atoms with Gasteiger partial charge in [0, 0.05) is 11.3 Å². The van der Waals surface area contributed by atoms with E-state index in [1.807, 2.05) is 66.1 Å². The summed E-state index contributed by atoms with van der Waals surface area (Å²) in [4.78, 5) is 10.9. The number of para-hydroxylation sites is 1. The highest BCUT2D eigenvalue weighted by Gasteiger charge is 2.17. The van der Waals surface area contributed by atoms with E-state index < -0.39 is 5.97 Å². The maximum Gasteiger partial charge on any atom is 0.313 e. The van der Waals surface area contributed by atoms with Crippen molar-refractivity contribution >= 4 is 17.7 Å². The van der Waals surface area contributed by atoms with Gasteiger partial charge < -0.3 is 9.84 Å². The van der Waals surface area contributed by atoms with Crippen LogP contribution in [0.1, 0.15) is 6.92 Å². The zero-order valence-corrected chi connectivity index (χ0v) is 14.4. The molecule has 0 fully saturated rings. The first kappa shape index (κ1) is 17.0. The van der Waals surface area contributed by atoms with E-state index in [1.165, 1.54) is 0 Å². The zero-order chi connectivity index (χ0) is 17.6. The van der Waals surface area contributed by atoms with E-state index in [-0.39, 0.29) is 5.75 Å². The summed E-state index contributed by atoms with van der Waals surface area (Å²) in [7, 11) is 0. The molecule has 2 aromatic carbocycles. The second-order valence-corrected chi connectivity index (χ2v) is 6.06. The van der Waals surface area contributed by atoms with Gasteiger partial charge in [0.1, 0.15) is 5.75 Å². The number of ether oxygens (including phenoxy) is 1. The van der Waals surface area contributed by atoms with Gasteiger partial charge in [0.2, 0.25) is 0 Å². The van der Waals surface area contributed by atoms with Crippen LogP contribution in [-0.4, -0.2) is 38.2 Å². The Labute approximate surface area is 149 Å². The largest absolute Gasteiger partial charge is 0.494 e. The lowest BCUT2D eigenvalue weighted by Crippen LogP contribution is -2.03. The molecule has 6 nitrogen and oxygen atoms in total. The van der Waals surface area contributed by atoms with Crippen molar-refractivity contribution in [3.63, 3.8) is 0 Å². The third kappa shape index (κ3) is 4.00. The van der Waals surface area contributed by atoms with Crippen molar-refractivity contribution in [1.82, 2.24) is 14.8 Å². The fraction of sp³-hybridized carbons (Fsp3) is 0.167. The van der Waals surface area contributed by atoms with E-state index in [4.69, 9.17) is 9.84 Å². The smallest absolute Gasteiger partial charge is 0.313 e. The van der Waals surface area contributed by atoms with E-state index >= 15 is 0 Å². The number of aromatic nitrogens is 3. The molecule has 25 heavy (non-hydrogen) atoms. The van der Waals surface area contributed by atoms with Crippen LogP contribution >= 0.6 is 11.8 Å². The molecular formula is C18H17N3O3S. The van der Waals surface area contributed by atoms with Crippen molar-refractivity contribution in [2.75, 3.05) is 12.4 Å². The van der Waals surface area contributed by atoms with Gasteiger partial charge in [-0.15, -0.1) is 10.2 Å². The summed E-state index contributed by atoms with van der Waals surface area (Å²) < 4.78 is 7.33. The van der Waals surface area contributed by atoms with Crippen LogP contribution in [0.5, 0.6) is 5.75 Å². The first-order valence-electron chi connectivity index (χ1n) is 7.77. The Kier molecular flexibility index (Phi) is 5.35. The Bertz CT molecular complexity index is 848. The van der Waals surface area contributed by atoms with Gasteiger partial charge in [-0.1, -0.05) is 30.0 Å². The van der Waals surface area contributed by atoms with Crippen LogP contribution < -0.4 is 4.74 Å². The molecule has 0 unspecified atom stereocenters. The van der Waals surface area contributed by atoms with Crippen molar-refractivity contribution in [1.29, 1.82) is 0 Å². The zero-order valence-electron chi connectivity index (χ0n) is 13.6. The summed E-state index contributed by atoms with van der Waals surface area (Å²) in [6.45, 7) is 2.54. The number of thioether (sulfide) groups is 1. The topological polar surface area (TPSA) is 77.2 Å². The summed E-state index contributed by atoms with van der Waals surface area (Å²) in [5.41, 5.74) is 1.76. The molecule has 0 aliphatic heterocycles. The lowest BCUT2D eigenvalue weighted by atomic mass is 10.2. The molecule has 0 spiro atoms. The predicted molar refractivity (Wildman–Crippen MR) is 96.3 cm³/mol. The van der Waals surface area contributed by atoms with Gasteiger partial charge in [0.25, 0.3) is 0 Å². The van der Waals surface area contributed by atoms with Crippen LogP contribution in [0.3, 0.4) is 0 Å². The second kappa shape index (κ2) is 7.85. The molecule has 0 saturated carbocycles. The average molecular weight is 355 g/mol. The summed E-state index contributed by atoms with van der Waals surface area (Å²) >= 11 is 1.14. The summed E-state index contributed by atoms with van der Waals surface area (Å²) in [6, 6.07) is 17.2. The van der Waals surface area contributed by atoms with Gasteiger partial charge in [-0.05, 0) is 43.3 Å². The van der Waals surface area contributed by atoms with Crippen molar-refractivity contribution in [2.24, 2.45) is 0 Å². The van der Waals surface area contributed by atoms with E-state index in [0.717, 1.165) is 28.8 Å². The molecule has 3 rings (SSSR count). The molecular weight excluding hydrogens is 338 g/mol. The van der Waals surface area contributed by atoms with E-state index in [0.29, 0.717) is 17.6 Å². The van der Waals surface area contributed by atoms with Crippen LogP contribution in [0.25, 0.3) is 17.1 Å². The quantitative estimate of drug-likeness (QED) is 0.654. The second-order valence-electron chi connectivity index (χ2n) is 5.12. The molecule has 1 N–H and O–H groups in total. The standard InChI is InChI=1S/C18H17N3O3S/c1-2-24-15-10-8-13(9-11-15)17-19-20-18(25-12-16(22)23)21(17)14-6-4-3-5-7-14/h3-11H,2,12H2,1H3,(H,22,23). The highest BCUT2D eigenvalue weighted by molar-refractivity contribution is 7.99. The fourth-order valence-corrected chi connectivity index (χ4v) is 3.03. The molecule has 0 amide bonds. The molecule has 0 aliphatic carbocycles. The number of hydrogen-bond donors (Lipinski definition) is 1. The van der Waals surface area contributed by atoms with E-state index in [9.17, 15) is 4.79 Å². The first-order valence-corrected chi connectivity index (χ1v) is 8.76. The number of aliphatic carboxylic acids is 1. The van der Waals surface area contributed by atoms with Crippen molar-refractivity contribution in [3.8, 4) is 22.8 Å². The lowest BCUT2D eigenvalue weighted by molar-refractivity contribution is -0.133. The van der Waals surface area contributed by atoms with Crippen molar-refractivity contribution < 1.29 is 14.6 Å². The van der Waals surface area contributed by atoms with Gasteiger partial charge >= 0.3 is 5.97 Å². The Morgan fingerprint density at radius 1 is 1.12 bits per heavy atom. The molecule has 7 heteroatoms. The number of rotatable bonds is 7. The monoisotopic (exact) mass is 355 g/mol. The minimum atomic E-state index is -0.893. The molecule has 0 bridgehead atoms. The molecule has 0 saturated heterocycles. The van der Waals surface area contributed by atoms with Crippen LogP contribution in [-0.2, 0) is 4.79 Å². The molecule has 128 valence electrons. The summed E-state index contributed by atoms with van der Waals surface area (Å²) in [6.07, 6.45) is 0. The number of nitrogens with zero attached hydrogens (tertiary/aromatic N) is 3. The third-order valence-electron chi connectivity index (χ3n) is 3.40. The highest BCUT2D eigenvalue weighted by atomic mass is 32.2. The Morgan fingerprint density at radius 2 is 1.84 bits per heavy atom. The molecule has 3 aromatic rings. The van der Waals surface area contributed by atoms with Crippen LogP contribution in [0.2, 0.25) is 0 Å². The number of carboxylic acids is 1. The van der Waals surface area contributed by atoms with E-state index in [2.05, 4.69) is 10.2 Å². The number of carbonyl (C=O) groups is 1. The summed E-state index contributed by atoms with van der Waals surface area (Å²) in [5.74, 6) is 0.476. The Balaban J connectivity index is 2.02. The maximum atomic E-state index is 10.9. The molecule has 0 atom stereocenters. The van der Waals surface area contributed by atoms with Gasteiger partial charge in [-0.25, -0.2) is 0 Å². The number of hydrogen-bond acceptors (Lipinski definition) is 5. The van der Waals surface area contributed by atoms with Gasteiger partial charge in [-0.2, -0.15) is 0 Å². The molecule has 1 heterocycles. The highest BCUT2D eigenvalue weighted by Crippen LogP contribution is 2.28. The maximum absolute atomic E-state index is 10.9. The van der Waals surface area contributed by atoms with Crippen LogP contribution in [0.15, 0.2) is 59.8 Å². The minimum absolute atomic E-state index is 0.0752. The van der Waals surface area contributed by atoms with Gasteiger partial charge in [0.15, 0.2) is 11.0 Å². The minimum Gasteiger partial charge on any atom is -0.494 e. The molecule has 0 radical (unpaired) electrons. The summed E-state index contributed by atoms with van der Waals surface area (Å²) in [5, 5.41) is 17.9. The number of benzene rings is 2. The predicted octanol–water partition coefficient (Wildman–Crippen LogP) is 3.51. The third-order valence-corrected chi connectivity index (χ3v) is 4.31. The molecule has 0 aliphatic rings. The van der Waals surface area contributed by atoms with Crippen molar-refractivity contribution in [3.05, 3.63) is 54.6 Å². The Hall–Kier alpha value is -2.80. The normalized spacial score (nSPS) is 10.6. The van der Waals surface area contributed by atoms with Crippen molar-refractivity contribution in [2.45, 2.75) is 12.1 Å². The first-order chi connectivity index (χ1) is 12.2. The SMILES string of the molecule is CCOc1ccc(-c2nnc(SCC(=O)O)n2-c2ccccc2)cc1. The average Bonchev–Trinajstić information content (AvgIpc) is 3.05. The molecule has 1 aromatic heterocycles. The fourth-order valence-electron chi connectivity index (χ4n) is 2.35. The van der Waals surface area contributed by atoms with Gasteiger partial charge in [0.05, 0.1) is 12.4 Å². The Morgan fingerprint density at radius 3 is 2.48 bits per heavy atom. The van der Waals surface area contributed by atoms with Crippen LogP contribution in [0, 0.1) is 0 Å².